The van der Waals surface area contributed by atoms with Gasteiger partial charge in [-0.25, -0.2) is 9.36 Å². The minimum absolute atomic E-state index is 0.350. The van der Waals surface area contributed by atoms with Gasteiger partial charge >= 0.3 is 6.09 Å². The van der Waals surface area contributed by atoms with Crippen molar-refractivity contribution in [2.75, 3.05) is 13.7 Å². The summed E-state index contributed by atoms with van der Waals surface area (Å²) in [5.74, 6) is 0.790. The van der Waals surface area contributed by atoms with Gasteiger partial charge in [-0.05, 0) is 13.0 Å². The quantitative estimate of drug-likeness (QED) is 0.789. The second-order valence-electron chi connectivity index (χ2n) is 2.91. The average molecular weight is 225 g/mol. The summed E-state index contributed by atoms with van der Waals surface area (Å²) in [6.07, 6.45) is 1.35. The first kappa shape index (κ1) is 10.0. The molecule has 0 N–H and O–H groups in total. The number of aromatic nitrogens is 1. The van der Waals surface area contributed by atoms with Crippen molar-refractivity contribution in [1.29, 1.82) is 0 Å². The molecule has 0 aliphatic heterocycles. The summed E-state index contributed by atoms with van der Waals surface area (Å²) in [7, 11) is 1.61. The van der Waals surface area contributed by atoms with E-state index in [4.69, 9.17) is 9.47 Å². The number of rotatable bonds is 2. The number of thiophene rings is 1. The van der Waals surface area contributed by atoms with Crippen molar-refractivity contribution in [1.82, 2.24) is 4.57 Å². The summed E-state index contributed by atoms with van der Waals surface area (Å²) in [6, 6.07) is 1.85. The maximum absolute atomic E-state index is 11.5. The molecule has 80 valence electrons. The van der Waals surface area contributed by atoms with Gasteiger partial charge in [-0.1, -0.05) is 0 Å². The fraction of sp³-hybridized carbons (Fsp3) is 0.300. The van der Waals surface area contributed by atoms with E-state index in [1.807, 2.05) is 11.4 Å². The molecule has 2 aromatic heterocycles. The van der Waals surface area contributed by atoms with Crippen molar-refractivity contribution in [3.8, 4) is 5.75 Å². The van der Waals surface area contributed by atoms with Crippen LogP contribution in [0, 0.1) is 0 Å². The summed E-state index contributed by atoms with van der Waals surface area (Å²) >= 11 is 1.46. The van der Waals surface area contributed by atoms with E-state index >= 15 is 0 Å². The summed E-state index contributed by atoms with van der Waals surface area (Å²) in [6.45, 7) is 2.16. The largest absolute Gasteiger partial charge is 0.495 e. The highest BCUT2D eigenvalue weighted by molar-refractivity contribution is 7.17. The van der Waals surface area contributed by atoms with E-state index in [1.54, 1.807) is 20.2 Å². The summed E-state index contributed by atoms with van der Waals surface area (Å²) < 4.78 is 11.6. The minimum atomic E-state index is -0.350. The van der Waals surface area contributed by atoms with Gasteiger partial charge in [-0.2, -0.15) is 0 Å². The highest BCUT2D eigenvalue weighted by atomic mass is 32.1. The number of carbonyl (C=O) groups is 1. The van der Waals surface area contributed by atoms with Crippen LogP contribution in [-0.4, -0.2) is 24.4 Å². The highest BCUT2D eigenvalue weighted by Gasteiger charge is 2.13. The number of hydrogen-bond acceptors (Lipinski definition) is 4. The Kier molecular flexibility index (Phi) is 2.64. The van der Waals surface area contributed by atoms with E-state index in [-0.39, 0.29) is 6.09 Å². The molecule has 0 atom stereocenters. The number of hydrogen-bond donors (Lipinski definition) is 0. The molecule has 0 fully saturated rings. The normalized spacial score (nSPS) is 10.5. The number of carbonyl (C=O) groups excluding carboxylic acids is 1. The summed E-state index contributed by atoms with van der Waals surface area (Å²) in [4.78, 5) is 12.4. The molecule has 15 heavy (non-hydrogen) atoms. The van der Waals surface area contributed by atoms with Gasteiger partial charge < -0.3 is 9.47 Å². The molecule has 0 spiro atoms. The molecule has 2 heterocycles. The molecule has 0 unspecified atom stereocenters. The number of ether oxygens (including phenoxy) is 2. The van der Waals surface area contributed by atoms with Crippen molar-refractivity contribution in [2.45, 2.75) is 6.92 Å². The van der Waals surface area contributed by atoms with Crippen LogP contribution < -0.4 is 4.74 Å². The van der Waals surface area contributed by atoms with Crippen LogP contribution in [0.4, 0.5) is 4.79 Å². The molecule has 0 saturated heterocycles. The van der Waals surface area contributed by atoms with Gasteiger partial charge in [-0.3, -0.25) is 0 Å². The number of methoxy groups -OCH3 is 1. The first-order chi connectivity index (χ1) is 7.27. The van der Waals surface area contributed by atoms with Crippen molar-refractivity contribution in [2.24, 2.45) is 0 Å². The van der Waals surface area contributed by atoms with E-state index in [9.17, 15) is 4.79 Å². The molecule has 0 bridgehead atoms. The number of fused-ring (bicyclic) bond motifs is 1. The Morgan fingerprint density at radius 1 is 1.60 bits per heavy atom. The SMILES string of the molecule is CCOC(=O)n1ccc2c(OC)csc21. The molecular formula is C10H11NO3S. The molecule has 2 rings (SSSR count). The molecular weight excluding hydrogens is 214 g/mol. The monoisotopic (exact) mass is 225 g/mol. The van der Waals surface area contributed by atoms with Crippen LogP contribution in [0.1, 0.15) is 6.92 Å². The standard InChI is InChI=1S/C10H11NO3S/c1-3-14-10(12)11-5-4-7-8(13-2)6-15-9(7)11/h4-6H,3H2,1-2H3. The molecule has 0 saturated carbocycles. The van der Waals surface area contributed by atoms with Gasteiger partial charge in [0.1, 0.15) is 10.6 Å². The summed E-state index contributed by atoms with van der Waals surface area (Å²) in [5.41, 5.74) is 0. The van der Waals surface area contributed by atoms with E-state index in [1.165, 1.54) is 15.9 Å². The van der Waals surface area contributed by atoms with Crippen molar-refractivity contribution in [3.05, 3.63) is 17.6 Å². The Morgan fingerprint density at radius 2 is 2.40 bits per heavy atom. The topological polar surface area (TPSA) is 40.5 Å². The fourth-order valence-electron chi connectivity index (χ4n) is 1.39. The Labute approximate surface area is 91.0 Å². The lowest BCUT2D eigenvalue weighted by atomic mass is 10.4. The van der Waals surface area contributed by atoms with Gasteiger partial charge in [-0.15, -0.1) is 11.3 Å². The second kappa shape index (κ2) is 3.94. The van der Waals surface area contributed by atoms with E-state index in [0.717, 1.165) is 16.0 Å². The maximum atomic E-state index is 11.5. The van der Waals surface area contributed by atoms with Gasteiger partial charge in [0.15, 0.2) is 0 Å². The lowest BCUT2D eigenvalue weighted by molar-refractivity contribution is 0.155. The first-order valence-corrected chi connectivity index (χ1v) is 5.45. The molecule has 0 radical (unpaired) electrons. The van der Waals surface area contributed by atoms with Crippen LogP contribution >= 0.6 is 11.3 Å². The molecule has 0 aromatic carbocycles. The molecule has 0 aliphatic carbocycles. The Bertz CT molecular complexity index is 486. The van der Waals surface area contributed by atoms with Gasteiger partial charge in [0.25, 0.3) is 0 Å². The van der Waals surface area contributed by atoms with Gasteiger partial charge in [0, 0.05) is 11.6 Å². The van der Waals surface area contributed by atoms with E-state index in [2.05, 4.69) is 0 Å². The van der Waals surface area contributed by atoms with E-state index < -0.39 is 0 Å². The fourth-order valence-corrected chi connectivity index (χ4v) is 2.38. The molecule has 2 aromatic rings. The maximum Gasteiger partial charge on any atom is 0.419 e. The third kappa shape index (κ3) is 1.59. The average Bonchev–Trinajstić information content (AvgIpc) is 2.77. The van der Waals surface area contributed by atoms with E-state index in [0.29, 0.717) is 6.61 Å². The zero-order valence-electron chi connectivity index (χ0n) is 8.52. The van der Waals surface area contributed by atoms with Crippen LogP contribution in [0.15, 0.2) is 17.6 Å². The lowest BCUT2D eigenvalue weighted by Gasteiger charge is -2.01. The van der Waals surface area contributed by atoms with Crippen molar-refractivity contribution < 1.29 is 14.3 Å². The zero-order chi connectivity index (χ0) is 10.8. The molecule has 0 aliphatic rings. The third-order valence-corrected chi connectivity index (χ3v) is 3.04. The first-order valence-electron chi connectivity index (χ1n) is 4.57. The van der Waals surface area contributed by atoms with Crippen LogP contribution in [0.25, 0.3) is 10.2 Å². The molecule has 4 nitrogen and oxygen atoms in total. The molecule has 5 heteroatoms. The van der Waals surface area contributed by atoms with Crippen LogP contribution in [0.5, 0.6) is 5.75 Å². The number of nitrogens with zero attached hydrogens (tertiary/aromatic N) is 1. The van der Waals surface area contributed by atoms with Gasteiger partial charge in [0.2, 0.25) is 0 Å². The Balaban J connectivity index is 2.45. The van der Waals surface area contributed by atoms with Crippen molar-refractivity contribution >= 4 is 27.6 Å². The summed E-state index contributed by atoms with van der Waals surface area (Å²) in [5, 5.41) is 2.82. The van der Waals surface area contributed by atoms with Crippen LogP contribution in [0.3, 0.4) is 0 Å². The minimum Gasteiger partial charge on any atom is -0.495 e. The predicted molar refractivity (Wildman–Crippen MR) is 58.8 cm³/mol. The predicted octanol–water partition coefficient (Wildman–Crippen LogP) is 2.72. The lowest BCUT2D eigenvalue weighted by Crippen LogP contribution is -2.11. The Morgan fingerprint density at radius 3 is 3.07 bits per heavy atom. The third-order valence-electron chi connectivity index (χ3n) is 2.07. The molecule has 0 amide bonds. The second-order valence-corrected chi connectivity index (χ2v) is 3.77. The van der Waals surface area contributed by atoms with Gasteiger partial charge in [0.05, 0.1) is 19.1 Å². The highest BCUT2D eigenvalue weighted by Crippen LogP contribution is 2.32. The zero-order valence-corrected chi connectivity index (χ0v) is 9.34. The Hall–Kier alpha value is -1.49. The van der Waals surface area contributed by atoms with Crippen molar-refractivity contribution in [3.63, 3.8) is 0 Å². The van der Waals surface area contributed by atoms with Crippen LogP contribution in [-0.2, 0) is 4.74 Å². The smallest absolute Gasteiger partial charge is 0.419 e. The van der Waals surface area contributed by atoms with Crippen LogP contribution in [0.2, 0.25) is 0 Å².